The highest BCUT2D eigenvalue weighted by atomic mass is 127. The molecule has 2 rings (SSSR count). The number of aliphatic imine (C=N–C) groups is 1. The highest BCUT2D eigenvalue weighted by Gasteiger charge is 2.23. The number of nitrogens with zero attached hydrogens (tertiary/aromatic N) is 2. The molecule has 1 atom stereocenters. The molecule has 1 unspecified atom stereocenters. The van der Waals surface area contributed by atoms with Crippen LogP contribution in [0.3, 0.4) is 0 Å². The van der Waals surface area contributed by atoms with Crippen LogP contribution in [-0.2, 0) is 4.79 Å². The monoisotopic (exact) mass is 487 g/mol. The maximum atomic E-state index is 12.1. The minimum absolute atomic E-state index is 0. The lowest BCUT2D eigenvalue weighted by atomic mass is 9.95. The second-order valence-electron chi connectivity index (χ2n) is 6.72. The Morgan fingerprint density at radius 1 is 1.30 bits per heavy atom. The van der Waals surface area contributed by atoms with Crippen LogP contribution in [0.2, 0.25) is 0 Å². The molecule has 0 aliphatic carbocycles. The first-order valence-electron chi connectivity index (χ1n) is 9.08. The van der Waals surface area contributed by atoms with Crippen molar-refractivity contribution in [2.45, 2.75) is 26.2 Å². The Balaban J connectivity index is 0.00000364. The highest BCUT2D eigenvalue weighted by Crippen LogP contribution is 2.19. The van der Waals surface area contributed by atoms with Gasteiger partial charge in [0.1, 0.15) is 0 Å². The van der Waals surface area contributed by atoms with Gasteiger partial charge < -0.3 is 21.3 Å². The zero-order valence-electron chi connectivity index (χ0n) is 16.0. The molecule has 2 amide bonds. The van der Waals surface area contributed by atoms with Gasteiger partial charge >= 0.3 is 0 Å². The van der Waals surface area contributed by atoms with Gasteiger partial charge in [0.15, 0.2) is 5.96 Å². The van der Waals surface area contributed by atoms with Crippen LogP contribution in [-0.4, -0.2) is 55.9 Å². The number of guanidine groups is 1. The number of nitrogens with one attached hydrogen (secondary N) is 2. The molecule has 27 heavy (non-hydrogen) atoms. The lowest BCUT2D eigenvalue weighted by Crippen LogP contribution is -2.48. The van der Waals surface area contributed by atoms with E-state index in [1.54, 1.807) is 13.1 Å². The largest absolute Gasteiger partial charge is 0.370 e. The number of benzene rings is 1. The molecule has 7 nitrogen and oxygen atoms in total. The molecule has 150 valence electrons. The number of likely N-dealkylation sites (tertiary alicyclic amines) is 1. The minimum atomic E-state index is -0.251. The van der Waals surface area contributed by atoms with E-state index < -0.39 is 0 Å². The number of nitrogens with two attached hydrogens (primary N) is 1. The molecule has 0 saturated carbocycles. The number of primary amides is 1. The van der Waals surface area contributed by atoms with Crippen molar-refractivity contribution in [1.29, 1.82) is 0 Å². The van der Waals surface area contributed by atoms with Crippen molar-refractivity contribution in [3.63, 3.8) is 0 Å². The van der Waals surface area contributed by atoms with Gasteiger partial charge in [-0.15, -0.1) is 24.0 Å². The lowest BCUT2D eigenvalue weighted by molar-refractivity contribution is -0.119. The first-order chi connectivity index (χ1) is 12.5. The number of halogens is 1. The fourth-order valence-corrected chi connectivity index (χ4v) is 3.28. The summed E-state index contributed by atoms with van der Waals surface area (Å²) in [5.74, 6) is 0.744. The number of hydrogen-bond acceptors (Lipinski definition) is 3. The van der Waals surface area contributed by atoms with Crippen molar-refractivity contribution in [3.8, 4) is 0 Å². The maximum absolute atomic E-state index is 12.1. The van der Waals surface area contributed by atoms with Crippen LogP contribution in [0.4, 0.5) is 0 Å². The normalized spacial score (nSPS) is 17.0. The summed E-state index contributed by atoms with van der Waals surface area (Å²) in [6, 6.07) is 7.52. The second-order valence-corrected chi connectivity index (χ2v) is 6.72. The molecule has 0 spiro atoms. The van der Waals surface area contributed by atoms with E-state index in [1.165, 1.54) is 0 Å². The standard InChI is InChI=1S/C19H29N5O2.HI/c1-14-5-3-7-16(11-14)18(26)22-8-9-23-19(21-2)24-10-4-6-15(13-24)12-17(20)25;/h3,5,7,11,15H,4,6,8-10,12-13H2,1-2H3,(H2,20,25)(H,21,23)(H,22,26);1H. The molecule has 1 saturated heterocycles. The van der Waals surface area contributed by atoms with Crippen molar-refractivity contribution >= 4 is 41.8 Å². The van der Waals surface area contributed by atoms with E-state index in [2.05, 4.69) is 20.5 Å². The second kappa shape index (κ2) is 11.8. The smallest absolute Gasteiger partial charge is 0.251 e. The summed E-state index contributed by atoms with van der Waals surface area (Å²) >= 11 is 0. The van der Waals surface area contributed by atoms with Crippen LogP contribution in [0, 0.1) is 12.8 Å². The summed E-state index contributed by atoms with van der Waals surface area (Å²) in [6.07, 6.45) is 2.45. The third-order valence-electron chi connectivity index (χ3n) is 4.49. The van der Waals surface area contributed by atoms with Gasteiger partial charge in [0.05, 0.1) is 0 Å². The summed E-state index contributed by atoms with van der Waals surface area (Å²) in [5, 5.41) is 6.18. The van der Waals surface area contributed by atoms with Gasteiger partial charge in [0.2, 0.25) is 5.91 Å². The van der Waals surface area contributed by atoms with Gasteiger partial charge in [-0.3, -0.25) is 14.6 Å². The Morgan fingerprint density at radius 2 is 2.04 bits per heavy atom. The molecule has 1 aliphatic rings. The highest BCUT2D eigenvalue weighted by molar-refractivity contribution is 14.0. The molecule has 0 aromatic heterocycles. The average molecular weight is 487 g/mol. The third-order valence-corrected chi connectivity index (χ3v) is 4.49. The van der Waals surface area contributed by atoms with E-state index in [0.717, 1.165) is 37.5 Å². The molecule has 1 aromatic carbocycles. The zero-order valence-corrected chi connectivity index (χ0v) is 18.4. The first-order valence-corrected chi connectivity index (χ1v) is 9.08. The molecular weight excluding hydrogens is 457 g/mol. The third kappa shape index (κ3) is 7.74. The van der Waals surface area contributed by atoms with Crippen LogP contribution in [0.25, 0.3) is 0 Å². The predicted molar refractivity (Wildman–Crippen MR) is 118 cm³/mol. The Morgan fingerprint density at radius 3 is 2.70 bits per heavy atom. The van der Waals surface area contributed by atoms with Crippen molar-refractivity contribution in [2.24, 2.45) is 16.6 Å². The SMILES string of the molecule is CN=C(NCCNC(=O)c1cccc(C)c1)N1CCCC(CC(N)=O)C1.I. The summed E-state index contributed by atoms with van der Waals surface area (Å²) in [6.45, 7) is 4.74. The molecule has 1 aromatic rings. The predicted octanol–water partition coefficient (Wildman–Crippen LogP) is 1.51. The summed E-state index contributed by atoms with van der Waals surface area (Å²) in [5.41, 5.74) is 7.05. The molecule has 0 radical (unpaired) electrons. The fourth-order valence-electron chi connectivity index (χ4n) is 3.28. The van der Waals surface area contributed by atoms with Crippen LogP contribution in [0.1, 0.15) is 35.2 Å². The van der Waals surface area contributed by atoms with Crippen molar-refractivity contribution in [3.05, 3.63) is 35.4 Å². The minimum Gasteiger partial charge on any atom is -0.370 e. The van der Waals surface area contributed by atoms with E-state index in [1.807, 2.05) is 25.1 Å². The zero-order chi connectivity index (χ0) is 18.9. The number of amides is 2. The Kier molecular flexibility index (Phi) is 10.1. The molecule has 1 heterocycles. The van der Waals surface area contributed by atoms with Crippen LogP contribution < -0.4 is 16.4 Å². The quantitative estimate of drug-likeness (QED) is 0.245. The average Bonchev–Trinajstić information content (AvgIpc) is 2.61. The number of hydrogen-bond donors (Lipinski definition) is 3. The number of rotatable bonds is 6. The van der Waals surface area contributed by atoms with Gasteiger partial charge in [-0.05, 0) is 37.8 Å². The van der Waals surface area contributed by atoms with Crippen LogP contribution >= 0.6 is 24.0 Å². The summed E-state index contributed by atoms with van der Waals surface area (Å²) < 4.78 is 0. The molecule has 4 N–H and O–H groups in total. The van der Waals surface area contributed by atoms with Crippen molar-refractivity contribution in [2.75, 3.05) is 33.2 Å². The lowest BCUT2D eigenvalue weighted by Gasteiger charge is -2.34. The maximum Gasteiger partial charge on any atom is 0.251 e. The van der Waals surface area contributed by atoms with E-state index >= 15 is 0 Å². The van der Waals surface area contributed by atoms with Gasteiger partial charge in [-0.2, -0.15) is 0 Å². The van der Waals surface area contributed by atoms with Gasteiger partial charge in [-0.1, -0.05) is 17.7 Å². The number of carbonyl (C=O) groups is 2. The van der Waals surface area contributed by atoms with E-state index in [0.29, 0.717) is 25.1 Å². The van der Waals surface area contributed by atoms with Gasteiger partial charge in [0.25, 0.3) is 5.91 Å². The molecule has 0 bridgehead atoms. The molecule has 8 heteroatoms. The van der Waals surface area contributed by atoms with Crippen LogP contribution in [0.5, 0.6) is 0 Å². The fraction of sp³-hybridized carbons (Fsp3) is 0.526. The Bertz CT molecular complexity index is 665. The Hall–Kier alpha value is -1.84. The van der Waals surface area contributed by atoms with E-state index in [4.69, 9.17) is 5.73 Å². The topological polar surface area (TPSA) is 99.8 Å². The van der Waals surface area contributed by atoms with E-state index in [9.17, 15) is 9.59 Å². The number of carbonyl (C=O) groups excluding carboxylic acids is 2. The van der Waals surface area contributed by atoms with Crippen LogP contribution in [0.15, 0.2) is 29.3 Å². The molecule has 1 aliphatic heterocycles. The summed E-state index contributed by atoms with van der Waals surface area (Å²) in [4.78, 5) is 29.7. The van der Waals surface area contributed by atoms with Gasteiger partial charge in [0, 0.05) is 45.2 Å². The first kappa shape index (κ1) is 23.2. The van der Waals surface area contributed by atoms with Crippen molar-refractivity contribution in [1.82, 2.24) is 15.5 Å². The number of aryl methyl sites for hydroxylation is 1. The van der Waals surface area contributed by atoms with Crippen molar-refractivity contribution < 1.29 is 9.59 Å². The molecule has 1 fully saturated rings. The van der Waals surface area contributed by atoms with Gasteiger partial charge in [-0.25, -0.2) is 0 Å². The van der Waals surface area contributed by atoms with E-state index in [-0.39, 0.29) is 41.7 Å². The Labute approximate surface area is 178 Å². The molecular formula is C19H30IN5O2. The summed E-state index contributed by atoms with van der Waals surface area (Å²) in [7, 11) is 1.74. The number of piperidine rings is 1.